The maximum absolute atomic E-state index is 10.7. The Morgan fingerprint density at radius 1 is 1.53 bits per heavy atom. The highest BCUT2D eigenvalue weighted by Gasteiger charge is 2.18. The molecule has 1 atom stereocenters. The van der Waals surface area contributed by atoms with E-state index in [0.29, 0.717) is 21.4 Å². The Balaban J connectivity index is 2.29. The highest BCUT2D eigenvalue weighted by atomic mass is 35.5. The van der Waals surface area contributed by atoms with Crippen LogP contribution >= 0.6 is 22.9 Å². The number of carbonyl (C=O) groups is 1. The molecule has 2 aromatic rings. The summed E-state index contributed by atoms with van der Waals surface area (Å²) in [5.41, 5.74) is 6.43. The quantitative estimate of drug-likeness (QED) is 0.889. The van der Waals surface area contributed by atoms with Gasteiger partial charge in [-0.1, -0.05) is 11.6 Å². The Morgan fingerprint density at radius 3 is 2.88 bits per heavy atom. The molecule has 0 amide bonds. The van der Waals surface area contributed by atoms with Gasteiger partial charge in [0.15, 0.2) is 0 Å². The number of nitrogens with zero attached hydrogens (tertiary/aromatic N) is 2. The monoisotopic (exact) mass is 269 g/mol. The first-order valence-corrected chi connectivity index (χ1v) is 5.89. The summed E-state index contributed by atoms with van der Waals surface area (Å²) in [4.78, 5) is 18.9. The van der Waals surface area contributed by atoms with Gasteiger partial charge in [-0.05, 0) is 12.1 Å². The number of hydrogen-bond donors (Lipinski definition) is 2. The minimum absolute atomic E-state index is 0.328. The topological polar surface area (TPSA) is 89.1 Å². The van der Waals surface area contributed by atoms with Crippen molar-refractivity contribution in [2.45, 2.75) is 6.04 Å². The van der Waals surface area contributed by atoms with E-state index in [2.05, 4.69) is 9.97 Å². The summed E-state index contributed by atoms with van der Waals surface area (Å²) in [6, 6.07) is 2.31. The van der Waals surface area contributed by atoms with Gasteiger partial charge in [0.2, 0.25) is 0 Å². The SMILES string of the molecule is NC(C(=O)O)c1csc(-c2ccc(Cl)cn2)n1. The highest BCUT2D eigenvalue weighted by Crippen LogP contribution is 2.24. The van der Waals surface area contributed by atoms with Crippen molar-refractivity contribution in [2.75, 3.05) is 0 Å². The van der Waals surface area contributed by atoms with Gasteiger partial charge < -0.3 is 10.8 Å². The van der Waals surface area contributed by atoms with Crippen molar-refractivity contribution in [3.63, 3.8) is 0 Å². The number of halogens is 1. The molecule has 2 aromatic heterocycles. The van der Waals surface area contributed by atoms with E-state index < -0.39 is 12.0 Å². The molecule has 0 aromatic carbocycles. The molecule has 0 radical (unpaired) electrons. The van der Waals surface area contributed by atoms with Crippen LogP contribution in [0, 0.1) is 0 Å². The van der Waals surface area contributed by atoms with Crippen molar-refractivity contribution in [3.8, 4) is 10.7 Å². The number of carboxylic acids is 1. The van der Waals surface area contributed by atoms with Gasteiger partial charge in [-0.15, -0.1) is 11.3 Å². The van der Waals surface area contributed by atoms with Crippen LogP contribution in [0.15, 0.2) is 23.7 Å². The molecule has 5 nitrogen and oxygen atoms in total. The number of nitrogens with two attached hydrogens (primary N) is 1. The first-order valence-electron chi connectivity index (χ1n) is 4.63. The van der Waals surface area contributed by atoms with Crippen molar-refractivity contribution in [3.05, 3.63) is 34.4 Å². The number of aromatic nitrogens is 2. The first kappa shape index (κ1) is 12.0. The molecule has 7 heteroatoms. The summed E-state index contributed by atoms with van der Waals surface area (Å²) in [6.45, 7) is 0. The van der Waals surface area contributed by atoms with Gasteiger partial charge in [0.05, 0.1) is 16.4 Å². The lowest BCUT2D eigenvalue weighted by Gasteiger charge is -2.00. The van der Waals surface area contributed by atoms with Crippen LogP contribution in [0.3, 0.4) is 0 Å². The third-order valence-corrected chi connectivity index (χ3v) is 3.16. The number of rotatable bonds is 3. The van der Waals surface area contributed by atoms with Crippen LogP contribution in [0.25, 0.3) is 10.7 Å². The van der Waals surface area contributed by atoms with Crippen LogP contribution in [-0.4, -0.2) is 21.0 Å². The Hall–Kier alpha value is -1.50. The lowest BCUT2D eigenvalue weighted by atomic mass is 10.2. The van der Waals surface area contributed by atoms with E-state index in [1.54, 1.807) is 17.5 Å². The van der Waals surface area contributed by atoms with Crippen LogP contribution in [0.2, 0.25) is 5.02 Å². The standard InChI is InChI=1S/C10H8ClN3O2S/c11-5-1-2-6(13-3-5)9-14-7(4-17-9)8(12)10(15)16/h1-4,8H,12H2,(H,15,16). The fourth-order valence-corrected chi connectivity index (χ4v) is 2.12. The minimum atomic E-state index is -1.11. The van der Waals surface area contributed by atoms with Crippen LogP contribution < -0.4 is 5.73 Å². The van der Waals surface area contributed by atoms with Gasteiger partial charge in [-0.25, -0.2) is 4.98 Å². The summed E-state index contributed by atoms with van der Waals surface area (Å²) in [6.07, 6.45) is 1.51. The lowest BCUT2D eigenvalue weighted by Crippen LogP contribution is -2.20. The summed E-state index contributed by atoms with van der Waals surface area (Å²) in [5, 5.41) is 11.5. The number of pyridine rings is 1. The predicted octanol–water partition coefficient (Wildman–Crippen LogP) is 1.94. The molecule has 17 heavy (non-hydrogen) atoms. The predicted molar refractivity (Wildman–Crippen MR) is 64.9 cm³/mol. The Morgan fingerprint density at radius 2 is 2.29 bits per heavy atom. The number of carboxylic acid groups (broad SMARTS) is 1. The highest BCUT2D eigenvalue weighted by molar-refractivity contribution is 7.13. The van der Waals surface area contributed by atoms with Gasteiger partial charge in [0.1, 0.15) is 11.0 Å². The molecule has 0 aliphatic rings. The van der Waals surface area contributed by atoms with Gasteiger partial charge in [-0.2, -0.15) is 0 Å². The largest absolute Gasteiger partial charge is 0.480 e. The minimum Gasteiger partial charge on any atom is -0.480 e. The summed E-state index contributed by atoms with van der Waals surface area (Å²) >= 11 is 7.01. The summed E-state index contributed by atoms with van der Waals surface area (Å²) in [7, 11) is 0. The van der Waals surface area contributed by atoms with Crippen LogP contribution in [0.4, 0.5) is 0 Å². The van der Waals surface area contributed by atoms with E-state index in [1.165, 1.54) is 17.5 Å². The molecule has 88 valence electrons. The van der Waals surface area contributed by atoms with Gasteiger partial charge in [-0.3, -0.25) is 9.78 Å². The third-order valence-electron chi connectivity index (χ3n) is 2.05. The Labute approximate surface area is 106 Å². The number of hydrogen-bond acceptors (Lipinski definition) is 5. The van der Waals surface area contributed by atoms with Crippen molar-refractivity contribution >= 4 is 28.9 Å². The number of thiazole rings is 1. The van der Waals surface area contributed by atoms with E-state index in [9.17, 15) is 4.79 Å². The molecule has 3 N–H and O–H groups in total. The zero-order chi connectivity index (χ0) is 12.4. The smallest absolute Gasteiger partial charge is 0.326 e. The maximum Gasteiger partial charge on any atom is 0.326 e. The van der Waals surface area contributed by atoms with E-state index >= 15 is 0 Å². The zero-order valence-corrected chi connectivity index (χ0v) is 10.1. The average Bonchev–Trinajstić information content (AvgIpc) is 2.78. The van der Waals surface area contributed by atoms with E-state index in [4.69, 9.17) is 22.4 Å². The molecular formula is C10H8ClN3O2S. The van der Waals surface area contributed by atoms with E-state index in [-0.39, 0.29) is 0 Å². The van der Waals surface area contributed by atoms with Crippen molar-refractivity contribution < 1.29 is 9.90 Å². The molecule has 1 unspecified atom stereocenters. The van der Waals surface area contributed by atoms with Crippen LogP contribution in [0.5, 0.6) is 0 Å². The fourth-order valence-electron chi connectivity index (χ4n) is 1.18. The fraction of sp³-hybridized carbons (Fsp3) is 0.100. The first-order chi connectivity index (χ1) is 8.08. The van der Waals surface area contributed by atoms with Gasteiger partial charge >= 0.3 is 5.97 Å². The molecule has 0 saturated carbocycles. The van der Waals surface area contributed by atoms with Crippen molar-refractivity contribution in [1.29, 1.82) is 0 Å². The summed E-state index contributed by atoms with van der Waals surface area (Å²) < 4.78 is 0. The lowest BCUT2D eigenvalue weighted by molar-refractivity contribution is -0.138. The third kappa shape index (κ3) is 2.60. The molecule has 0 spiro atoms. The number of aliphatic carboxylic acids is 1. The van der Waals surface area contributed by atoms with Crippen LogP contribution in [0.1, 0.15) is 11.7 Å². The van der Waals surface area contributed by atoms with E-state index in [0.717, 1.165) is 0 Å². The zero-order valence-electron chi connectivity index (χ0n) is 8.50. The second kappa shape index (κ2) is 4.79. The van der Waals surface area contributed by atoms with Crippen molar-refractivity contribution in [2.24, 2.45) is 5.73 Å². The normalized spacial score (nSPS) is 12.4. The molecule has 2 heterocycles. The molecule has 0 saturated heterocycles. The maximum atomic E-state index is 10.7. The average molecular weight is 270 g/mol. The second-order valence-electron chi connectivity index (χ2n) is 3.26. The molecule has 2 rings (SSSR count). The van der Waals surface area contributed by atoms with Crippen molar-refractivity contribution in [1.82, 2.24) is 9.97 Å². The Bertz CT molecular complexity index is 541. The van der Waals surface area contributed by atoms with Gasteiger partial charge in [0, 0.05) is 11.6 Å². The molecule has 0 aliphatic heterocycles. The van der Waals surface area contributed by atoms with Crippen LogP contribution in [-0.2, 0) is 4.79 Å². The molecule has 0 fully saturated rings. The van der Waals surface area contributed by atoms with E-state index in [1.807, 2.05) is 0 Å². The van der Waals surface area contributed by atoms with Gasteiger partial charge in [0.25, 0.3) is 0 Å². The molecule has 0 aliphatic carbocycles. The molecular weight excluding hydrogens is 262 g/mol. The molecule has 0 bridgehead atoms. The Kier molecular flexibility index (Phi) is 3.37. The second-order valence-corrected chi connectivity index (χ2v) is 4.55. The summed E-state index contributed by atoms with van der Waals surface area (Å²) in [5.74, 6) is -1.11.